The predicted octanol–water partition coefficient (Wildman–Crippen LogP) is 1.31. The second-order valence-electron chi connectivity index (χ2n) is 3.65. The summed E-state index contributed by atoms with van der Waals surface area (Å²) in [6.07, 6.45) is 0.298. The molecule has 0 aliphatic carbocycles. The second-order valence-corrected chi connectivity index (χ2v) is 3.65. The first-order chi connectivity index (χ1) is 8.67. The Balaban J connectivity index is 2.47. The van der Waals surface area contributed by atoms with Gasteiger partial charge in [-0.1, -0.05) is 6.07 Å². The fourth-order valence-corrected chi connectivity index (χ4v) is 1.25. The fraction of sp³-hybridized carbons (Fsp3) is 0.308. The molecule has 5 nitrogen and oxygen atoms in total. The van der Waals surface area contributed by atoms with E-state index in [1.807, 2.05) is 12.1 Å². The van der Waals surface area contributed by atoms with Crippen LogP contribution in [0.5, 0.6) is 5.75 Å². The molecule has 0 atom stereocenters. The third-order valence-corrected chi connectivity index (χ3v) is 2.31. The van der Waals surface area contributed by atoms with E-state index in [1.54, 1.807) is 31.3 Å². The molecular formula is C13H13N3O2. The van der Waals surface area contributed by atoms with Gasteiger partial charge in [-0.15, -0.1) is 0 Å². The molecule has 0 heterocycles. The van der Waals surface area contributed by atoms with Gasteiger partial charge in [-0.2, -0.15) is 10.5 Å². The molecule has 0 saturated carbocycles. The molecule has 5 heteroatoms. The minimum Gasteiger partial charge on any atom is -0.484 e. The molecule has 0 radical (unpaired) electrons. The van der Waals surface area contributed by atoms with Gasteiger partial charge in [0.25, 0.3) is 5.91 Å². The Morgan fingerprint density at radius 2 is 2.22 bits per heavy atom. The highest BCUT2D eigenvalue weighted by Gasteiger charge is 2.09. The topological polar surface area (TPSA) is 77.1 Å². The van der Waals surface area contributed by atoms with E-state index in [-0.39, 0.29) is 12.5 Å². The molecule has 0 aromatic heterocycles. The zero-order valence-corrected chi connectivity index (χ0v) is 10.1. The van der Waals surface area contributed by atoms with Crippen LogP contribution in [0.1, 0.15) is 12.0 Å². The van der Waals surface area contributed by atoms with Crippen LogP contribution in [0.4, 0.5) is 0 Å². The zero-order valence-electron chi connectivity index (χ0n) is 10.1. The number of ether oxygens (including phenoxy) is 1. The van der Waals surface area contributed by atoms with Crippen molar-refractivity contribution >= 4 is 5.91 Å². The van der Waals surface area contributed by atoms with Crippen LogP contribution < -0.4 is 4.74 Å². The van der Waals surface area contributed by atoms with Crippen LogP contribution in [0.2, 0.25) is 0 Å². The maximum absolute atomic E-state index is 11.6. The number of carbonyl (C=O) groups is 1. The first kappa shape index (κ1) is 13.5. The molecule has 0 aliphatic rings. The van der Waals surface area contributed by atoms with E-state index in [2.05, 4.69) is 0 Å². The standard InChI is InChI=1S/C13H13N3O2/c1-16(7-3-6-14)13(17)10-18-12-5-2-4-11(8-12)9-15/h2,4-5,8H,3,7,10H2,1H3. The monoisotopic (exact) mass is 243 g/mol. The predicted molar refractivity (Wildman–Crippen MR) is 64.5 cm³/mol. The fourth-order valence-electron chi connectivity index (χ4n) is 1.25. The molecule has 0 unspecified atom stereocenters. The van der Waals surface area contributed by atoms with E-state index in [0.717, 1.165) is 0 Å². The smallest absolute Gasteiger partial charge is 0.260 e. The van der Waals surface area contributed by atoms with Gasteiger partial charge in [0.1, 0.15) is 5.75 Å². The van der Waals surface area contributed by atoms with Crippen LogP contribution in [0.25, 0.3) is 0 Å². The Labute approximate surface area is 106 Å². The lowest BCUT2D eigenvalue weighted by molar-refractivity contribution is -0.131. The van der Waals surface area contributed by atoms with Crippen LogP contribution in [0, 0.1) is 22.7 Å². The van der Waals surface area contributed by atoms with E-state index in [4.69, 9.17) is 15.3 Å². The summed E-state index contributed by atoms with van der Waals surface area (Å²) >= 11 is 0. The van der Waals surface area contributed by atoms with Crippen molar-refractivity contribution in [2.45, 2.75) is 6.42 Å². The maximum atomic E-state index is 11.6. The van der Waals surface area contributed by atoms with Crippen molar-refractivity contribution in [3.8, 4) is 17.9 Å². The Hall–Kier alpha value is -2.53. The normalized spacial score (nSPS) is 9.06. The summed E-state index contributed by atoms with van der Waals surface area (Å²) in [5.41, 5.74) is 0.484. The lowest BCUT2D eigenvalue weighted by Gasteiger charge is -2.15. The molecule has 0 fully saturated rings. The van der Waals surface area contributed by atoms with Crippen molar-refractivity contribution < 1.29 is 9.53 Å². The molecular weight excluding hydrogens is 230 g/mol. The average molecular weight is 243 g/mol. The summed E-state index contributed by atoms with van der Waals surface area (Å²) in [4.78, 5) is 13.0. The number of nitriles is 2. The quantitative estimate of drug-likeness (QED) is 0.781. The molecule has 0 spiro atoms. The van der Waals surface area contributed by atoms with E-state index < -0.39 is 0 Å². The third kappa shape index (κ3) is 4.15. The van der Waals surface area contributed by atoms with Gasteiger partial charge in [-0.3, -0.25) is 4.79 Å². The van der Waals surface area contributed by atoms with Gasteiger partial charge in [0.05, 0.1) is 24.1 Å². The highest BCUT2D eigenvalue weighted by Crippen LogP contribution is 2.12. The van der Waals surface area contributed by atoms with Crippen LogP contribution in [-0.2, 0) is 4.79 Å². The third-order valence-electron chi connectivity index (χ3n) is 2.31. The summed E-state index contributed by atoms with van der Waals surface area (Å²) in [6, 6.07) is 10.6. The van der Waals surface area contributed by atoms with Crippen LogP contribution in [-0.4, -0.2) is 31.0 Å². The van der Waals surface area contributed by atoms with Gasteiger partial charge in [0.15, 0.2) is 6.61 Å². The number of amides is 1. The summed E-state index contributed by atoms with van der Waals surface area (Å²) in [5.74, 6) is 0.281. The molecule has 1 aromatic carbocycles. The Kier molecular flexibility index (Phi) is 5.21. The number of hydrogen-bond donors (Lipinski definition) is 0. The van der Waals surface area contributed by atoms with E-state index >= 15 is 0 Å². The largest absolute Gasteiger partial charge is 0.484 e. The first-order valence-electron chi connectivity index (χ1n) is 5.41. The molecule has 0 saturated heterocycles. The molecule has 0 aliphatic heterocycles. The van der Waals surface area contributed by atoms with Crippen LogP contribution in [0.3, 0.4) is 0 Å². The maximum Gasteiger partial charge on any atom is 0.260 e. The number of likely N-dealkylation sites (N-methyl/N-ethyl adjacent to an activating group) is 1. The number of nitrogens with zero attached hydrogens (tertiary/aromatic N) is 3. The molecule has 18 heavy (non-hydrogen) atoms. The number of hydrogen-bond acceptors (Lipinski definition) is 4. The summed E-state index contributed by atoms with van der Waals surface area (Å²) in [7, 11) is 1.62. The van der Waals surface area contributed by atoms with E-state index in [0.29, 0.717) is 24.3 Å². The molecule has 1 rings (SSSR count). The summed E-state index contributed by atoms with van der Waals surface area (Å²) in [5, 5.41) is 17.1. The Morgan fingerprint density at radius 1 is 1.44 bits per heavy atom. The van der Waals surface area contributed by atoms with Crippen molar-refractivity contribution in [2.75, 3.05) is 20.2 Å². The summed E-state index contributed by atoms with van der Waals surface area (Å²) < 4.78 is 5.29. The van der Waals surface area contributed by atoms with Crippen molar-refractivity contribution in [1.29, 1.82) is 10.5 Å². The van der Waals surface area contributed by atoms with Crippen LogP contribution in [0.15, 0.2) is 24.3 Å². The van der Waals surface area contributed by atoms with Gasteiger partial charge in [-0.05, 0) is 18.2 Å². The molecule has 92 valence electrons. The van der Waals surface area contributed by atoms with Crippen molar-refractivity contribution in [3.63, 3.8) is 0 Å². The number of benzene rings is 1. The first-order valence-corrected chi connectivity index (χ1v) is 5.41. The lowest BCUT2D eigenvalue weighted by Crippen LogP contribution is -2.32. The number of carbonyl (C=O) groups excluding carboxylic acids is 1. The van der Waals surface area contributed by atoms with E-state index in [9.17, 15) is 4.79 Å². The summed E-state index contributed by atoms with van der Waals surface area (Å²) in [6.45, 7) is 0.285. The molecule has 1 amide bonds. The highest BCUT2D eigenvalue weighted by molar-refractivity contribution is 5.77. The SMILES string of the molecule is CN(CCC#N)C(=O)COc1cccc(C#N)c1. The van der Waals surface area contributed by atoms with Crippen molar-refractivity contribution in [3.05, 3.63) is 29.8 Å². The van der Waals surface area contributed by atoms with Crippen molar-refractivity contribution in [2.24, 2.45) is 0 Å². The van der Waals surface area contributed by atoms with Crippen molar-refractivity contribution in [1.82, 2.24) is 4.90 Å². The van der Waals surface area contributed by atoms with Crippen LogP contribution >= 0.6 is 0 Å². The lowest BCUT2D eigenvalue weighted by atomic mass is 10.2. The minimum atomic E-state index is -0.201. The highest BCUT2D eigenvalue weighted by atomic mass is 16.5. The van der Waals surface area contributed by atoms with E-state index in [1.165, 1.54) is 4.90 Å². The minimum absolute atomic E-state index is 0.100. The van der Waals surface area contributed by atoms with Gasteiger partial charge >= 0.3 is 0 Å². The Morgan fingerprint density at radius 3 is 2.89 bits per heavy atom. The average Bonchev–Trinajstić information content (AvgIpc) is 2.42. The molecule has 0 N–H and O–H groups in total. The molecule has 0 bridgehead atoms. The molecule has 1 aromatic rings. The van der Waals surface area contributed by atoms with Gasteiger partial charge < -0.3 is 9.64 Å². The van der Waals surface area contributed by atoms with Gasteiger partial charge in [0.2, 0.25) is 0 Å². The number of rotatable bonds is 5. The second kappa shape index (κ2) is 6.93. The van der Waals surface area contributed by atoms with Gasteiger partial charge in [0, 0.05) is 13.6 Å². The van der Waals surface area contributed by atoms with Gasteiger partial charge in [-0.25, -0.2) is 0 Å². The zero-order chi connectivity index (χ0) is 13.4. The Bertz CT molecular complexity index is 500.